The monoisotopic (exact) mass is 287 g/mol. The molecule has 94 valence electrons. The summed E-state index contributed by atoms with van der Waals surface area (Å²) in [5.41, 5.74) is 2.41. The molecule has 0 amide bonds. The number of nitrogens with zero attached hydrogens (tertiary/aromatic N) is 1. The van der Waals surface area contributed by atoms with E-state index in [4.69, 9.17) is 11.6 Å². The number of Topliss-reactive ketones (excluding diaryl/α,β-unsaturated/α-hetero) is 1. The van der Waals surface area contributed by atoms with Crippen molar-refractivity contribution in [1.82, 2.24) is 4.98 Å². The van der Waals surface area contributed by atoms with Crippen LogP contribution in [-0.2, 0) is 6.42 Å². The van der Waals surface area contributed by atoms with Crippen LogP contribution in [0, 0.1) is 0 Å². The number of halogens is 1. The lowest BCUT2D eigenvalue weighted by atomic mass is 10.0. The van der Waals surface area contributed by atoms with Gasteiger partial charge in [-0.2, -0.15) is 0 Å². The summed E-state index contributed by atoms with van der Waals surface area (Å²) in [4.78, 5) is 16.5. The lowest BCUT2D eigenvalue weighted by molar-refractivity contribution is 0.0993. The molecule has 1 aromatic carbocycles. The largest absolute Gasteiger partial charge is 0.294 e. The van der Waals surface area contributed by atoms with Crippen LogP contribution in [0.2, 0.25) is 5.02 Å². The zero-order chi connectivity index (χ0) is 13.2. The molecule has 2 nitrogen and oxygen atoms in total. The summed E-state index contributed by atoms with van der Waals surface area (Å²) in [5, 5.41) is 2.60. The molecule has 0 bridgehead atoms. The average molecular weight is 288 g/mol. The maximum Gasteiger partial charge on any atom is 0.168 e. The third-order valence-corrected chi connectivity index (χ3v) is 4.16. The van der Waals surface area contributed by atoms with Crippen molar-refractivity contribution in [3.05, 3.63) is 64.1 Å². The third kappa shape index (κ3) is 2.53. The molecule has 0 atom stereocenters. The fraction of sp³-hybridized carbons (Fsp3) is 0.0667. The van der Waals surface area contributed by atoms with E-state index in [1.165, 1.54) is 0 Å². The Labute approximate surface area is 119 Å². The highest BCUT2D eigenvalue weighted by Gasteiger charge is 2.10. The number of fused-ring (bicyclic) bond motifs is 1. The van der Waals surface area contributed by atoms with Crippen molar-refractivity contribution < 1.29 is 4.79 Å². The van der Waals surface area contributed by atoms with Crippen LogP contribution in [-0.4, -0.2) is 10.8 Å². The topological polar surface area (TPSA) is 30.0 Å². The summed E-state index contributed by atoms with van der Waals surface area (Å²) in [6.07, 6.45) is 1.94. The predicted molar refractivity (Wildman–Crippen MR) is 79.1 cm³/mol. The first-order chi connectivity index (χ1) is 9.24. The van der Waals surface area contributed by atoms with Gasteiger partial charge in [0.1, 0.15) is 0 Å². The van der Waals surface area contributed by atoms with Gasteiger partial charge in [-0.15, -0.1) is 11.3 Å². The first-order valence-corrected chi connectivity index (χ1v) is 7.09. The number of carbonyl (C=O) groups is 1. The van der Waals surface area contributed by atoms with E-state index in [-0.39, 0.29) is 5.78 Å². The van der Waals surface area contributed by atoms with Crippen LogP contribution in [0.15, 0.2) is 48.0 Å². The highest BCUT2D eigenvalue weighted by molar-refractivity contribution is 7.17. The lowest BCUT2D eigenvalue weighted by Crippen LogP contribution is -2.04. The van der Waals surface area contributed by atoms with Crippen LogP contribution in [0.1, 0.15) is 15.9 Å². The van der Waals surface area contributed by atoms with Crippen LogP contribution in [0.25, 0.3) is 10.2 Å². The average Bonchev–Trinajstić information content (AvgIpc) is 2.88. The molecule has 2 heterocycles. The van der Waals surface area contributed by atoms with Crippen LogP contribution in [0.3, 0.4) is 0 Å². The number of hydrogen-bond acceptors (Lipinski definition) is 3. The Kier molecular flexibility index (Phi) is 3.32. The van der Waals surface area contributed by atoms with E-state index < -0.39 is 0 Å². The standard InChI is InChI=1S/C15H10ClNOS/c16-12-4-2-1-3-10(12)7-14(18)11-8-15-13(17-9-11)5-6-19-15/h1-6,8-9H,7H2. The van der Waals surface area contributed by atoms with Gasteiger partial charge in [0.15, 0.2) is 5.78 Å². The number of hydrogen-bond donors (Lipinski definition) is 0. The van der Waals surface area contributed by atoms with Gasteiger partial charge in [0.25, 0.3) is 0 Å². The Hall–Kier alpha value is -1.71. The zero-order valence-electron chi connectivity index (χ0n) is 9.97. The Bertz CT molecular complexity index is 750. The van der Waals surface area contributed by atoms with E-state index in [9.17, 15) is 4.79 Å². The molecule has 0 saturated carbocycles. The number of benzene rings is 1. The predicted octanol–water partition coefficient (Wildman–Crippen LogP) is 4.38. The van der Waals surface area contributed by atoms with E-state index in [2.05, 4.69) is 4.98 Å². The van der Waals surface area contributed by atoms with Gasteiger partial charge in [0, 0.05) is 23.2 Å². The van der Waals surface area contributed by atoms with Gasteiger partial charge in [0.2, 0.25) is 0 Å². The van der Waals surface area contributed by atoms with Gasteiger partial charge in [-0.1, -0.05) is 29.8 Å². The van der Waals surface area contributed by atoms with E-state index in [1.807, 2.05) is 35.7 Å². The molecule has 0 radical (unpaired) electrons. The number of carbonyl (C=O) groups excluding carboxylic acids is 1. The molecule has 2 aromatic heterocycles. The number of rotatable bonds is 3. The van der Waals surface area contributed by atoms with Crippen molar-refractivity contribution in [2.45, 2.75) is 6.42 Å². The Morgan fingerprint density at radius 2 is 2.11 bits per heavy atom. The molecule has 0 aliphatic rings. The van der Waals surface area contributed by atoms with Gasteiger partial charge in [-0.25, -0.2) is 0 Å². The van der Waals surface area contributed by atoms with E-state index in [0.29, 0.717) is 17.0 Å². The molecule has 0 spiro atoms. The molecular weight excluding hydrogens is 278 g/mol. The van der Waals surface area contributed by atoms with Crippen molar-refractivity contribution in [3.63, 3.8) is 0 Å². The summed E-state index contributed by atoms with van der Waals surface area (Å²) >= 11 is 7.66. The molecule has 0 saturated heterocycles. The maximum atomic E-state index is 12.2. The third-order valence-electron chi connectivity index (χ3n) is 2.93. The minimum atomic E-state index is 0.0379. The fourth-order valence-corrected chi connectivity index (χ4v) is 2.90. The zero-order valence-corrected chi connectivity index (χ0v) is 11.5. The van der Waals surface area contributed by atoms with Gasteiger partial charge < -0.3 is 0 Å². The molecule has 19 heavy (non-hydrogen) atoms. The van der Waals surface area contributed by atoms with Crippen LogP contribution in [0.5, 0.6) is 0 Å². The molecule has 3 rings (SSSR count). The summed E-state index contributed by atoms with van der Waals surface area (Å²) in [5.74, 6) is 0.0379. The highest BCUT2D eigenvalue weighted by Crippen LogP contribution is 2.21. The maximum absolute atomic E-state index is 12.2. The first kappa shape index (κ1) is 12.3. The second kappa shape index (κ2) is 5.11. The van der Waals surface area contributed by atoms with Crippen molar-refractivity contribution >= 4 is 38.9 Å². The normalized spacial score (nSPS) is 10.8. The lowest BCUT2D eigenvalue weighted by Gasteiger charge is -2.03. The summed E-state index contributed by atoms with van der Waals surface area (Å²) in [7, 11) is 0. The molecule has 0 aliphatic heterocycles. The number of pyridine rings is 1. The summed E-state index contributed by atoms with van der Waals surface area (Å²) < 4.78 is 1.03. The minimum Gasteiger partial charge on any atom is -0.294 e. The molecule has 4 heteroatoms. The molecular formula is C15H10ClNOS. The van der Waals surface area contributed by atoms with Crippen molar-refractivity contribution in [2.75, 3.05) is 0 Å². The molecule has 3 aromatic rings. The molecule has 0 aliphatic carbocycles. The van der Waals surface area contributed by atoms with E-state index >= 15 is 0 Å². The SMILES string of the molecule is O=C(Cc1ccccc1Cl)c1cnc2ccsc2c1. The van der Waals surface area contributed by atoms with Crippen LogP contribution >= 0.6 is 22.9 Å². The first-order valence-electron chi connectivity index (χ1n) is 5.84. The fourth-order valence-electron chi connectivity index (χ4n) is 1.92. The molecule has 0 N–H and O–H groups in total. The van der Waals surface area contributed by atoms with Gasteiger partial charge in [0.05, 0.1) is 10.2 Å². The van der Waals surface area contributed by atoms with E-state index in [1.54, 1.807) is 23.6 Å². The Morgan fingerprint density at radius 3 is 2.95 bits per heavy atom. The van der Waals surface area contributed by atoms with E-state index in [0.717, 1.165) is 15.8 Å². The highest BCUT2D eigenvalue weighted by atomic mass is 35.5. The quantitative estimate of drug-likeness (QED) is 0.669. The van der Waals surface area contributed by atoms with Gasteiger partial charge >= 0.3 is 0 Å². The Morgan fingerprint density at radius 1 is 1.26 bits per heavy atom. The second-order valence-corrected chi connectivity index (χ2v) is 5.57. The summed E-state index contributed by atoms with van der Waals surface area (Å²) in [6.45, 7) is 0. The Balaban J connectivity index is 1.89. The number of aromatic nitrogens is 1. The minimum absolute atomic E-state index is 0.0379. The summed E-state index contributed by atoms with van der Waals surface area (Å²) in [6, 6.07) is 11.3. The smallest absolute Gasteiger partial charge is 0.168 e. The van der Waals surface area contributed by atoms with Crippen molar-refractivity contribution in [3.8, 4) is 0 Å². The molecule has 0 fully saturated rings. The number of ketones is 1. The van der Waals surface area contributed by atoms with Crippen LogP contribution < -0.4 is 0 Å². The van der Waals surface area contributed by atoms with Crippen LogP contribution in [0.4, 0.5) is 0 Å². The number of thiophene rings is 1. The van der Waals surface area contributed by atoms with Crippen molar-refractivity contribution in [2.24, 2.45) is 0 Å². The molecule has 0 unspecified atom stereocenters. The van der Waals surface area contributed by atoms with Crippen molar-refractivity contribution in [1.29, 1.82) is 0 Å². The second-order valence-electron chi connectivity index (χ2n) is 4.22. The van der Waals surface area contributed by atoms with Gasteiger partial charge in [-0.3, -0.25) is 9.78 Å². The van der Waals surface area contributed by atoms with Gasteiger partial charge in [-0.05, 0) is 29.1 Å².